The first-order valence-corrected chi connectivity index (χ1v) is 9.07. The Morgan fingerprint density at radius 2 is 1.93 bits per heavy atom. The highest BCUT2D eigenvalue weighted by Gasteiger charge is 2.28. The highest BCUT2D eigenvalue weighted by atomic mass is 16.5. The number of carbonyl (C=O) groups is 1. The predicted octanol–water partition coefficient (Wildman–Crippen LogP) is 2.87. The summed E-state index contributed by atoms with van der Waals surface area (Å²) in [7, 11) is 3.17. The fraction of sp³-hybridized carbons (Fsp3) is 0.300. The van der Waals surface area contributed by atoms with Crippen LogP contribution in [0, 0.1) is 0 Å². The molecule has 4 rings (SSSR count). The summed E-state index contributed by atoms with van der Waals surface area (Å²) in [5.74, 6) is 1.95. The molecule has 0 bridgehead atoms. The van der Waals surface area contributed by atoms with Crippen LogP contribution in [0.2, 0.25) is 0 Å². The number of benzene rings is 2. The average molecular weight is 379 g/mol. The summed E-state index contributed by atoms with van der Waals surface area (Å²) in [6.07, 6.45) is 2.40. The van der Waals surface area contributed by atoms with E-state index in [0.717, 1.165) is 29.8 Å². The number of methoxy groups -OCH3 is 2. The molecule has 0 atom stereocenters. The van der Waals surface area contributed by atoms with Gasteiger partial charge in [-0.1, -0.05) is 0 Å². The first-order chi connectivity index (χ1) is 13.7. The van der Waals surface area contributed by atoms with Gasteiger partial charge in [0, 0.05) is 16.8 Å². The summed E-state index contributed by atoms with van der Waals surface area (Å²) in [6, 6.07) is 13.3. The molecule has 1 aliphatic carbocycles. The third-order valence-electron chi connectivity index (χ3n) is 4.65. The van der Waals surface area contributed by atoms with Gasteiger partial charge in [0.2, 0.25) is 5.91 Å². The minimum Gasteiger partial charge on any atom is -0.497 e. The molecule has 3 aromatic rings. The fourth-order valence-electron chi connectivity index (χ4n) is 3.05. The van der Waals surface area contributed by atoms with E-state index in [1.165, 1.54) is 0 Å². The lowest BCUT2D eigenvalue weighted by molar-refractivity contribution is -0.115. The normalized spacial score (nSPS) is 13.2. The van der Waals surface area contributed by atoms with Gasteiger partial charge in [0.05, 0.1) is 26.7 Å². The number of tetrazole rings is 1. The number of hydrogen-bond acceptors (Lipinski definition) is 6. The smallest absolute Gasteiger partial charge is 0.228 e. The SMILES string of the molecule is COc1ccc(OC)c(CC(=O)Nc2ccc(-c3nnnn3C3CC3)cc2)c1. The van der Waals surface area contributed by atoms with E-state index in [1.807, 2.05) is 28.9 Å². The number of aromatic nitrogens is 4. The van der Waals surface area contributed by atoms with Crippen molar-refractivity contribution in [3.63, 3.8) is 0 Å². The molecule has 1 N–H and O–H groups in total. The molecule has 0 unspecified atom stereocenters. The van der Waals surface area contributed by atoms with Gasteiger partial charge in [0.1, 0.15) is 11.5 Å². The lowest BCUT2D eigenvalue weighted by Gasteiger charge is -2.11. The zero-order valence-corrected chi connectivity index (χ0v) is 15.8. The third kappa shape index (κ3) is 3.80. The molecular weight excluding hydrogens is 358 g/mol. The van der Waals surface area contributed by atoms with Crippen molar-refractivity contribution in [2.75, 3.05) is 19.5 Å². The van der Waals surface area contributed by atoms with E-state index >= 15 is 0 Å². The molecule has 1 saturated carbocycles. The van der Waals surface area contributed by atoms with Gasteiger partial charge in [-0.15, -0.1) is 5.10 Å². The van der Waals surface area contributed by atoms with Gasteiger partial charge in [0.15, 0.2) is 5.82 Å². The van der Waals surface area contributed by atoms with Crippen LogP contribution < -0.4 is 14.8 Å². The molecule has 2 aromatic carbocycles. The standard InChI is InChI=1S/C20H21N5O3/c1-27-17-9-10-18(28-2)14(11-17)12-19(26)21-15-5-3-13(4-6-15)20-22-23-24-25(20)16-7-8-16/h3-6,9-11,16H,7-8,12H2,1-2H3,(H,21,26). The molecule has 1 fully saturated rings. The van der Waals surface area contributed by atoms with Crippen LogP contribution in [0.5, 0.6) is 11.5 Å². The summed E-state index contributed by atoms with van der Waals surface area (Å²) >= 11 is 0. The van der Waals surface area contributed by atoms with Crippen LogP contribution >= 0.6 is 0 Å². The van der Waals surface area contributed by atoms with Crippen LogP contribution in [-0.4, -0.2) is 40.3 Å². The van der Waals surface area contributed by atoms with Crippen LogP contribution in [0.1, 0.15) is 24.4 Å². The Kier molecular flexibility index (Phi) is 4.92. The maximum atomic E-state index is 12.5. The van der Waals surface area contributed by atoms with Gasteiger partial charge in [0.25, 0.3) is 0 Å². The number of amides is 1. The lowest BCUT2D eigenvalue weighted by atomic mass is 10.1. The first kappa shape index (κ1) is 18.0. The van der Waals surface area contributed by atoms with Crippen molar-refractivity contribution < 1.29 is 14.3 Å². The molecule has 0 aliphatic heterocycles. The molecule has 0 saturated heterocycles. The number of carbonyl (C=O) groups excluding carboxylic acids is 1. The third-order valence-corrected chi connectivity index (χ3v) is 4.65. The second-order valence-corrected chi connectivity index (χ2v) is 6.66. The van der Waals surface area contributed by atoms with Gasteiger partial charge in [-0.05, 0) is 65.7 Å². The van der Waals surface area contributed by atoms with Crippen molar-refractivity contribution in [3.8, 4) is 22.9 Å². The number of nitrogens with zero attached hydrogens (tertiary/aromatic N) is 4. The van der Waals surface area contributed by atoms with Gasteiger partial charge in [-0.2, -0.15) is 0 Å². The first-order valence-electron chi connectivity index (χ1n) is 9.07. The average Bonchev–Trinajstić information content (AvgIpc) is 3.45. The topological polar surface area (TPSA) is 91.2 Å². The molecule has 8 nitrogen and oxygen atoms in total. The van der Waals surface area contributed by atoms with Gasteiger partial charge in [-0.25, -0.2) is 4.68 Å². The Morgan fingerprint density at radius 1 is 1.14 bits per heavy atom. The molecule has 1 aliphatic rings. The zero-order chi connectivity index (χ0) is 19.5. The number of rotatable bonds is 7. The molecule has 8 heteroatoms. The minimum atomic E-state index is -0.137. The molecule has 0 spiro atoms. The van der Waals surface area contributed by atoms with Crippen molar-refractivity contribution >= 4 is 11.6 Å². The van der Waals surface area contributed by atoms with Crippen LogP contribution in [0.15, 0.2) is 42.5 Å². The highest BCUT2D eigenvalue weighted by molar-refractivity contribution is 5.92. The van der Waals surface area contributed by atoms with Crippen molar-refractivity contribution in [3.05, 3.63) is 48.0 Å². The van der Waals surface area contributed by atoms with E-state index in [4.69, 9.17) is 9.47 Å². The Hall–Kier alpha value is -3.42. The van der Waals surface area contributed by atoms with E-state index in [-0.39, 0.29) is 12.3 Å². The Morgan fingerprint density at radius 3 is 2.61 bits per heavy atom. The molecule has 1 heterocycles. The predicted molar refractivity (Wildman–Crippen MR) is 103 cm³/mol. The number of anilines is 1. The van der Waals surface area contributed by atoms with Crippen molar-refractivity contribution in [1.29, 1.82) is 0 Å². The van der Waals surface area contributed by atoms with E-state index in [1.54, 1.807) is 32.4 Å². The van der Waals surface area contributed by atoms with Crippen LogP contribution in [0.4, 0.5) is 5.69 Å². The number of hydrogen-bond donors (Lipinski definition) is 1. The monoisotopic (exact) mass is 379 g/mol. The minimum absolute atomic E-state index is 0.137. The molecule has 0 radical (unpaired) electrons. The van der Waals surface area contributed by atoms with Gasteiger partial charge >= 0.3 is 0 Å². The van der Waals surface area contributed by atoms with Crippen molar-refractivity contribution in [1.82, 2.24) is 20.2 Å². The summed E-state index contributed by atoms with van der Waals surface area (Å²) in [5.41, 5.74) is 2.39. The number of ether oxygens (including phenoxy) is 2. The molecule has 1 amide bonds. The summed E-state index contributed by atoms with van der Waals surface area (Å²) in [5, 5.41) is 14.9. The highest BCUT2D eigenvalue weighted by Crippen LogP contribution is 2.36. The molecule has 144 valence electrons. The largest absolute Gasteiger partial charge is 0.497 e. The van der Waals surface area contributed by atoms with E-state index < -0.39 is 0 Å². The van der Waals surface area contributed by atoms with Crippen LogP contribution in [0.25, 0.3) is 11.4 Å². The summed E-state index contributed by atoms with van der Waals surface area (Å²) in [6.45, 7) is 0. The zero-order valence-electron chi connectivity index (χ0n) is 15.8. The quantitative estimate of drug-likeness (QED) is 0.679. The fourth-order valence-corrected chi connectivity index (χ4v) is 3.05. The Bertz CT molecular complexity index is 980. The molecule has 28 heavy (non-hydrogen) atoms. The second kappa shape index (κ2) is 7.67. The van der Waals surface area contributed by atoms with Crippen LogP contribution in [0.3, 0.4) is 0 Å². The molecule has 1 aromatic heterocycles. The molecular formula is C20H21N5O3. The maximum absolute atomic E-state index is 12.5. The van der Waals surface area contributed by atoms with Gasteiger partial charge in [-0.3, -0.25) is 4.79 Å². The van der Waals surface area contributed by atoms with Crippen molar-refractivity contribution in [2.45, 2.75) is 25.3 Å². The van der Waals surface area contributed by atoms with E-state index in [2.05, 4.69) is 20.8 Å². The number of nitrogens with one attached hydrogen (secondary N) is 1. The lowest BCUT2D eigenvalue weighted by Crippen LogP contribution is -2.15. The van der Waals surface area contributed by atoms with E-state index in [0.29, 0.717) is 23.2 Å². The second-order valence-electron chi connectivity index (χ2n) is 6.66. The summed E-state index contributed by atoms with van der Waals surface area (Å²) < 4.78 is 12.4. The Labute approximate surface area is 162 Å². The maximum Gasteiger partial charge on any atom is 0.228 e. The van der Waals surface area contributed by atoms with Crippen molar-refractivity contribution in [2.24, 2.45) is 0 Å². The Balaban J connectivity index is 1.44. The van der Waals surface area contributed by atoms with Gasteiger partial charge < -0.3 is 14.8 Å². The summed E-state index contributed by atoms with van der Waals surface area (Å²) in [4.78, 5) is 12.5. The van der Waals surface area contributed by atoms with E-state index in [9.17, 15) is 4.79 Å². The van der Waals surface area contributed by atoms with Crippen LogP contribution in [-0.2, 0) is 11.2 Å².